The van der Waals surface area contributed by atoms with Crippen molar-refractivity contribution in [2.45, 2.75) is 63.8 Å². The van der Waals surface area contributed by atoms with Crippen LogP contribution in [0.4, 0.5) is 5.00 Å². The quantitative estimate of drug-likeness (QED) is 0.450. The number of rotatable bonds is 6. The SMILES string of the molecule is COC(=O)c1c(NC(=O)CCSc2nc3c(cc2C#N)CC(C)CC3)sc2c1CCC(C)C2. The molecule has 1 amide bonds. The normalized spacial score (nSPS) is 19.2. The van der Waals surface area contributed by atoms with E-state index in [-0.39, 0.29) is 12.3 Å². The number of carbonyl (C=O) groups excluding carboxylic acids is 2. The zero-order chi connectivity index (χ0) is 23.5. The van der Waals surface area contributed by atoms with Crippen LogP contribution in [-0.4, -0.2) is 29.7 Å². The van der Waals surface area contributed by atoms with Gasteiger partial charge in [0.15, 0.2) is 0 Å². The van der Waals surface area contributed by atoms with Crippen molar-refractivity contribution < 1.29 is 14.3 Å². The number of carbonyl (C=O) groups is 2. The number of hydrogen-bond donors (Lipinski definition) is 1. The van der Waals surface area contributed by atoms with Gasteiger partial charge >= 0.3 is 5.97 Å². The summed E-state index contributed by atoms with van der Waals surface area (Å²) < 4.78 is 5.00. The number of nitriles is 1. The molecule has 2 atom stereocenters. The second kappa shape index (κ2) is 10.3. The number of ether oxygens (including phenoxy) is 1. The summed E-state index contributed by atoms with van der Waals surface area (Å²) in [5.41, 5.74) is 4.39. The molecule has 8 heteroatoms. The van der Waals surface area contributed by atoms with Crippen molar-refractivity contribution in [1.82, 2.24) is 4.98 Å². The molecule has 174 valence electrons. The molecule has 0 aliphatic heterocycles. The number of anilines is 1. The van der Waals surface area contributed by atoms with Crippen LogP contribution in [0.2, 0.25) is 0 Å². The summed E-state index contributed by atoms with van der Waals surface area (Å²) in [5, 5.41) is 13.8. The minimum absolute atomic E-state index is 0.149. The Morgan fingerprint density at radius 2 is 2.03 bits per heavy atom. The molecule has 6 nitrogen and oxygen atoms in total. The molecule has 2 aliphatic rings. The van der Waals surface area contributed by atoms with Crippen LogP contribution >= 0.6 is 23.1 Å². The molecule has 4 rings (SSSR count). The van der Waals surface area contributed by atoms with Crippen molar-refractivity contribution in [2.75, 3.05) is 18.2 Å². The Kier molecular flexibility index (Phi) is 7.40. The van der Waals surface area contributed by atoms with Crippen molar-refractivity contribution in [2.24, 2.45) is 11.8 Å². The average molecular weight is 484 g/mol. The van der Waals surface area contributed by atoms with E-state index in [1.54, 1.807) is 0 Å². The lowest BCUT2D eigenvalue weighted by atomic mass is 9.87. The molecule has 0 aromatic carbocycles. The maximum atomic E-state index is 12.7. The van der Waals surface area contributed by atoms with E-state index in [2.05, 4.69) is 25.2 Å². The molecule has 0 radical (unpaired) electrons. The van der Waals surface area contributed by atoms with E-state index in [0.717, 1.165) is 49.8 Å². The summed E-state index contributed by atoms with van der Waals surface area (Å²) in [6.07, 6.45) is 6.09. The van der Waals surface area contributed by atoms with E-state index in [4.69, 9.17) is 9.72 Å². The first-order valence-electron chi connectivity index (χ1n) is 11.5. The molecule has 2 heterocycles. The van der Waals surface area contributed by atoms with E-state index in [0.29, 0.717) is 38.7 Å². The number of thioether (sulfide) groups is 1. The minimum Gasteiger partial charge on any atom is -0.465 e. The summed E-state index contributed by atoms with van der Waals surface area (Å²) in [6.45, 7) is 4.44. The Labute approximate surface area is 203 Å². The number of amides is 1. The number of nitrogens with zero attached hydrogens (tertiary/aromatic N) is 2. The van der Waals surface area contributed by atoms with E-state index >= 15 is 0 Å². The molecule has 2 aromatic rings. The van der Waals surface area contributed by atoms with Crippen LogP contribution < -0.4 is 5.32 Å². The summed E-state index contributed by atoms with van der Waals surface area (Å²) in [6, 6.07) is 4.23. The highest BCUT2D eigenvalue weighted by Crippen LogP contribution is 2.40. The smallest absolute Gasteiger partial charge is 0.341 e. The van der Waals surface area contributed by atoms with Gasteiger partial charge in [0.25, 0.3) is 0 Å². The van der Waals surface area contributed by atoms with Crippen molar-refractivity contribution in [3.63, 3.8) is 0 Å². The molecule has 0 saturated carbocycles. The molecular formula is C25H29N3O3S2. The fraction of sp³-hybridized carbons (Fsp3) is 0.520. The van der Waals surface area contributed by atoms with Gasteiger partial charge in [0.05, 0.1) is 18.2 Å². The van der Waals surface area contributed by atoms with Crippen LogP contribution in [0.5, 0.6) is 0 Å². The van der Waals surface area contributed by atoms with Gasteiger partial charge in [-0.3, -0.25) is 4.79 Å². The van der Waals surface area contributed by atoms with Gasteiger partial charge in [0.1, 0.15) is 16.1 Å². The number of aryl methyl sites for hydroxylation is 1. The van der Waals surface area contributed by atoms with E-state index in [9.17, 15) is 14.9 Å². The van der Waals surface area contributed by atoms with Crippen LogP contribution in [-0.2, 0) is 35.2 Å². The maximum absolute atomic E-state index is 12.7. The number of hydrogen-bond acceptors (Lipinski definition) is 7. The molecule has 0 fully saturated rings. The Morgan fingerprint density at radius 1 is 1.27 bits per heavy atom. The summed E-state index contributed by atoms with van der Waals surface area (Å²) in [4.78, 5) is 31.1. The van der Waals surface area contributed by atoms with Crippen molar-refractivity contribution in [1.29, 1.82) is 5.26 Å². The summed E-state index contributed by atoms with van der Waals surface area (Å²) >= 11 is 2.94. The predicted octanol–water partition coefficient (Wildman–Crippen LogP) is 5.17. The highest BCUT2D eigenvalue weighted by Gasteiger charge is 2.29. The third-order valence-corrected chi connectivity index (χ3v) is 8.60. The van der Waals surface area contributed by atoms with Gasteiger partial charge in [0, 0.05) is 22.7 Å². The Hall–Kier alpha value is -2.37. The standard InChI is InChI=1S/C25H29N3O3S2/c1-14-5-7-19-16(10-14)12-17(13-26)23(27-19)32-9-8-21(29)28-24-22(25(30)31-3)18-6-4-15(2)11-20(18)33-24/h12,14-15H,4-11H2,1-3H3,(H,28,29). The molecule has 2 aromatic heterocycles. The third-order valence-electron chi connectivity index (χ3n) is 6.44. The molecule has 33 heavy (non-hydrogen) atoms. The first kappa shape index (κ1) is 23.8. The average Bonchev–Trinajstić information content (AvgIpc) is 3.14. The van der Waals surface area contributed by atoms with E-state index < -0.39 is 5.97 Å². The molecular weight excluding hydrogens is 454 g/mol. The second-order valence-electron chi connectivity index (χ2n) is 9.10. The highest BCUT2D eigenvalue weighted by molar-refractivity contribution is 7.99. The third kappa shape index (κ3) is 5.25. The number of thiophene rings is 1. The minimum atomic E-state index is -0.391. The van der Waals surface area contributed by atoms with Crippen molar-refractivity contribution >= 4 is 40.0 Å². The molecule has 2 aliphatic carbocycles. The zero-order valence-corrected chi connectivity index (χ0v) is 21.0. The summed E-state index contributed by atoms with van der Waals surface area (Å²) in [7, 11) is 1.37. The zero-order valence-electron chi connectivity index (χ0n) is 19.3. The molecule has 0 spiro atoms. The monoisotopic (exact) mass is 483 g/mol. The van der Waals surface area contributed by atoms with Crippen LogP contribution in [0.15, 0.2) is 11.1 Å². The van der Waals surface area contributed by atoms with E-state index in [1.165, 1.54) is 40.6 Å². The first-order valence-corrected chi connectivity index (χ1v) is 13.3. The molecule has 2 unspecified atom stereocenters. The van der Waals surface area contributed by atoms with Gasteiger partial charge in [-0.1, -0.05) is 13.8 Å². The van der Waals surface area contributed by atoms with Crippen molar-refractivity contribution in [3.05, 3.63) is 38.9 Å². The maximum Gasteiger partial charge on any atom is 0.341 e. The fourth-order valence-electron chi connectivity index (χ4n) is 4.60. The van der Waals surface area contributed by atoms with Crippen LogP contribution in [0.1, 0.15) is 70.7 Å². The number of nitrogens with one attached hydrogen (secondary N) is 1. The highest BCUT2D eigenvalue weighted by atomic mass is 32.2. The number of fused-ring (bicyclic) bond motifs is 2. The molecule has 0 saturated heterocycles. The number of aromatic nitrogens is 1. The van der Waals surface area contributed by atoms with Gasteiger partial charge in [0.2, 0.25) is 5.91 Å². The number of pyridine rings is 1. The predicted molar refractivity (Wildman–Crippen MR) is 131 cm³/mol. The molecule has 1 N–H and O–H groups in total. The van der Waals surface area contributed by atoms with Gasteiger partial charge in [-0.25, -0.2) is 9.78 Å². The van der Waals surface area contributed by atoms with Gasteiger partial charge in [-0.05, 0) is 67.6 Å². The van der Waals surface area contributed by atoms with Gasteiger partial charge in [-0.15, -0.1) is 23.1 Å². The van der Waals surface area contributed by atoms with Crippen LogP contribution in [0, 0.1) is 23.2 Å². The lowest BCUT2D eigenvalue weighted by Crippen LogP contribution is -2.16. The lowest BCUT2D eigenvalue weighted by Gasteiger charge is -2.21. The summed E-state index contributed by atoms with van der Waals surface area (Å²) in [5.74, 6) is 1.16. The first-order chi connectivity index (χ1) is 15.9. The number of methoxy groups -OCH3 is 1. The Balaban J connectivity index is 1.42. The largest absolute Gasteiger partial charge is 0.465 e. The lowest BCUT2D eigenvalue weighted by molar-refractivity contribution is -0.115. The van der Waals surface area contributed by atoms with Crippen molar-refractivity contribution in [3.8, 4) is 6.07 Å². The number of esters is 1. The van der Waals surface area contributed by atoms with Gasteiger partial charge < -0.3 is 10.1 Å². The Morgan fingerprint density at radius 3 is 2.79 bits per heavy atom. The Bertz CT molecular complexity index is 1120. The molecule has 0 bridgehead atoms. The van der Waals surface area contributed by atoms with Crippen LogP contribution in [0.3, 0.4) is 0 Å². The fourth-order valence-corrected chi connectivity index (χ4v) is 6.93. The van der Waals surface area contributed by atoms with Gasteiger partial charge in [-0.2, -0.15) is 5.26 Å². The second-order valence-corrected chi connectivity index (χ2v) is 11.3. The van der Waals surface area contributed by atoms with E-state index in [1.807, 2.05) is 6.07 Å². The van der Waals surface area contributed by atoms with Crippen LogP contribution in [0.25, 0.3) is 0 Å². The topological polar surface area (TPSA) is 92.1 Å².